The highest BCUT2D eigenvalue weighted by molar-refractivity contribution is 6.10. The van der Waals surface area contributed by atoms with Crippen molar-refractivity contribution in [2.45, 2.75) is 0 Å². The van der Waals surface area contributed by atoms with Crippen LogP contribution in [0.5, 0.6) is 0 Å². The Morgan fingerprint density at radius 1 is 0.242 bits per heavy atom. The maximum absolute atomic E-state index is 2.45. The summed E-state index contributed by atoms with van der Waals surface area (Å²) in [5, 5.41) is 2.47. The van der Waals surface area contributed by atoms with Gasteiger partial charge >= 0.3 is 0 Å². The smallest absolute Gasteiger partial charge is 0.0561 e. The molecule has 0 N–H and O–H groups in total. The van der Waals surface area contributed by atoms with Gasteiger partial charge in [-0.25, -0.2) is 0 Å². The number of hydrogen-bond acceptors (Lipinski definition) is 1. The molecule has 2 nitrogen and oxygen atoms in total. The maximum atomic E-state index is 2.45. The van der Waals surface area contributed by atoms with Crippen molar-refractivity contribution in [2.75, 3.05) is 4.90 Å². The van der Waals surface area contributed by atoms with Crippen LogP contribution in [0.4, 0.5) is 17.1 Å². The Labute approximate surface area is 362 Å². The maximum Gasteiger partial charge on any atom is 0.0561 e. The summed E-state index contributed by atoms with van der Waals surface area (Å²) < 4.78 is 2.45. The largest absolute Gasteiger partial charge is 0.310 e. The molecule has 1 heterocycles. The molecular formula is C60H42N2. The van der Waals surface area contributed by atoms with E-state index in [-0.39, 0.29) is 0 Å². The van der Waals surface area contributed by atoms with Crippen LogP contribution < -0.4 is 4.90 Å². The van der Waals surface area contributed by atoms with Gasteiger partial charge < -0.3 is 9.47 Å². The second kappa shape index (κ2) is 16.1. The van der Waals surface area contributed by atoms with E-state index in [4.69, 9.17) is 0 Å². The van der Waals surface area contributed by atoms with Crippen molar-refractivity contribution in [3.63, 3.8) is 0 Å². The molecule has 0 bridgehead atoms. The van der Waals surface area contributed by atoms with Crippen molar-refractivity contribution in [2.24, 2.45) is 0 Å². The predicted molar refractivity (Wildman–Crippen MR) is 263 cm³/mol. The molecule has 0 unspecified atom stereocenters. The zero-order valence-corrected chi connectivity index (χ0v) is 34.1. The molecule has 1 aromatic heterocycles. The molecule has 0 radical (unpaired) electrons. The average Bonchev–Trinajstić information content (AvgIpc) is 3.69. The van der Waals surface area contributed by atoms with E-state index < -0.39 is 0 Å². The molecule has 11 rings (SSSR count). The van der Waals surface area contributed by atoms with Gasteiger partial charge in [0.1, 0.15) is 0 Å². The van der Waals surface area contributed by atoms with Crippen molar-refractivity contribution < 1.29 is 0 Å². The van der Waals surface area contributed by atoms with E-state index in [1.54, 1.807) is 0 Å². The van der Waals surface area contributed by atoms with Gasteiger partial charge in [-0.2, -0.15) is 0 Å². The number of benzene rings is 10. The number of nitrogens with zero attached hydrogens (tertiary/aromatic N) is 2. The minimum Gasteiger partial charge on any atom is -0.310 e. The highest BCUT2D eigenvalue weighted by atomic mass is 15.1. The number of rotatable bonds is 9. The molecule has 0 fully saturated rings. The lowest BCUT2D eigenvalue weighted by Gasteiger charge is -2.29. The van der Waals surface area contributed by atoms with E-state index in [9.17, 15) is 0 Å². The van der Waals surface area contributed by atoms with Crippen LogP contribution in [0.3, 0.4) is 0 Å². The van der Waals surface area contributed by atoms with Crippen molar-refractivity contribution in [1.82, 2.24) is 4.57 Å². The molecule has 0 saturated heterocycles. The molecule has 0 aliphatic carbocycles. The number of aromatic nitrogens is 1. The van der Waals surface area contributed by atoms with Crippen molar-refractivity contribution in [3.8, 4) is 61.3 Å². The number of hydrogen-bond donors (Lipinski definition) is 0. The fourth-order valence-corrected chi connectivity index (χ4v) is 9.13. The summed E-state index contributed by atoms with van der Waals surface area (Å²) in [6, 6.07) is 92.2. The van der Waals surface area contributed by atoms with Crippen molar-refractivity contribution >= 4 is 38.9 Å². The number of fused-ring (bicyclic) bond motifs is 3. The number of para-hydroxylation sites is 2. The Morgan fingerprint density at radius 3 is 0.952 bits per heavy atom. The molecule has 62 heavy (non-hydrogen) atoms. The Kier molecular flexibility index (Phi) is 9.57. The van der Waals surface area contributed by atoms with Crippen molar-refractivity contribution in [3.05, 3.63) is 255 Å². The fourth-order valence-electron chi connectivity index (χ4n) is 9.13. The molecule has 0 saturated carbocycles. The standard InChI is InChI=1S/C60H42N2/c1-6-20-43(21-7-1)51-37-34-48(40-56(51)46-26-12-4-13-27-46)61(49-35-38-52(44-22-8-2-9-23-44)57(41-49)47-28-14-5-15-29-47)50-36-39-53(45-24-10-3-11-25-45)60(42-50)62-58-32-18-16-30-54(58)55-31-17-19-33-59(55)62/h1-42H. The second-order valence-corrected chi connectivity index (χ2v) is 15.7. The third-order valence-corrected chi connectivity index (χ3v) is 12.0. The van der Waals surface area contributed by atoms with E-state index in [2.05, 4.69) is 264 Å². The van der Waals surface area contributed by atoms with E-state index in [0.717, 1.165) is 28.3 Å². The van der Waals surface area contributed by atoms with Crippen LogP contribution in [0.2, 0.25) is 0 Å². The van der Waals surface area contributed by atoms with Gasteiger partial charge in [-0.05, 0) is 98.6 Å². The minimum atomic E-state index is 1.06. The summed E-state index contributed by atoms with van der Waals surface area (Å²) in [6.45, 7) is 0. The van der Waals surface area contributed by atoms with E-state index in [0.29, 0.717) is 0 Å². The molecular weight excluding hydrogens is 749 g/mol. The van der Waals surface area contributed by atoms with Gasteiger partial charge in [-0.1, -0.05) is 206 Å². The van der Waals surface area contributed by atoms with Crippen LogP contribution in [0.15, 0.2) is 255 Å². The van der Waals surface area contributed by atoms with Gasteiger partial charge in [0.15, 0.2) is 0 Å². The van der Waals surface area contributed by atoms with Gasteiger partial charge in [-0.3, -0.25) is 0 Å². The molecule has 0 aliphatic heterocycles. The van der Waals surface area contributed by atoms with Gasteiger partial charge in [0.25, 0.3) is 0 Å². The minimum absolute atomic E-state index is 1.06. The first-order valence-electron chi connectivity index (χ1n) is 21.3. The van der Waals surface area contributed by atoms with Crippen LogP contribution in [0, 0.1) is 0 Å². The lowest BCUT2D eigenvalue weighted by molar-refractivity contribution is 1.17. The van der Waals surface area contributed by atoms with Crippen LogP contribution in [0.25, 0.3) is 83.1 Å². The van der Waals surface area contributed by atoms with Crippen molar-refractivity contribution in [1.29, 1.82) is 0 Å². The lowest BCUT2D eigenvalue weighted by Crippen LogP contribution is -2.12. The zero-order valence-electron chi connectivity index (χ0n) is 34.1. The Bertz CT molecular complexity index is 3140. The summed E-state index contributed by atoms with van der Waals surface area (Å²) in [5.41, 5.74) is 18.4. The first-order valence-corrected chi connectivity index (χ1v) is 21.3. The van der Waals surface area contributed by atoms with Crippen LogP contribution in [-0.2, 0) is 0 Å². The van der Waals surface area contributed by atoms with E-state index >= 15 is 0 Å². The summed E-state index contributed by atoms with van der Waals surface area (Å²) in [5.74, 6) is 0. The topological polar surface area (TPSA) is 8.17 Å². The van der Waals surface area contributed by atoms with Gasteiger partial charge in [-0.15, -0.1) is 0 Å². The zero-order chi connectivity index (χ0) is 41.2. The Balaban J connectivity index is 1.21. The highest BCUT2D eigenvalue weighted by Crippen LogP contribution is 2.46. The molecule has 0 atom stereocenters. The highest BCUT2D eigenvalue weighted by Gasteiger charge is 2.22. The van der Waals surface area contributed by atoms with E-state index in [1.165, 1.54) is 71.9 Å². The average molecular weight is 791 g/mol. The van der Waals surface area contributed by atoms with E-state index in [1.807, 2.05) is 0 Å². The molecule has 292 valence electrons. The molecule has 0 spiro atoms. The second-order valence-electron chi connectivity index (χ2n) is 15.7. The first-order chi connectivity index (χ1) is 30.8. The fraction of sp³-hybridized carbons (Fsp3) is 0. The quantitative estimate of drug-likeness (QED) is 0.141. The molecule has 10 aromatic carbocycles. The summed E-state index contributed by atoms with van der Waals surface area (Å²) >= 11 is 0. The summed E-state index contributed by atoms with van der Waals surface area (Å²) in [7, 11) is 0. The molecule has 11 aromatic rings. The molecule has 0 amide bonds. The van der Waals surface area contributed by atoms with Crippen LogP contribution in [-0.4, -0.2) is 4.57 Å². The lowest BCUT2D eigenvalue weighted by atomic mass is 9.92. The predicted octanol–water partition coefficient (Wildman–Crippen LogP) is 16.6. The molecule has 2 heteroatoms. The van der Waals surface area contributed by atoms with Crippen LogP contribution >= 0.6 is 0 Å². The van der Waals surface area contributed by atoms with Gasteiger partial charge in [0, 0.05) is 33.4 Å². The normalized spacial score (nSPS) is 11.2. The number of anilines is 3. The summed E-state index contributed by atoms with van der Waals surface area (Å²) in [4.78, 5) is 2.44. The third kappa shape index (κ3) is 6.74. The first kappa shape index (κ1) is 36.8. The molecule has 0 aliphatic rings. The monoisotopic (exact) mass is 790 g/mol. The Morgan fingerprint density at radius 2 is 0.548 bits per heavy atom. The SMILES string of the molecule is c1ccc(-c2ccc(N(c3ccc(-c4ccccc4)c(-c4ccccc4)c3)c3ccc(-c4ccccc4)c(-n4c5ccccc5c5ccccc54)c3)cc2-c2ccccc2)cc1. The van der Waals surface area contributed by atoms with Gasteiger partial charge in [0.05, 0.1) is 16.7 Å². The summed E-state index contributed by atoms with van der Waals surface area (Å²) in [6.07, 6.45) is 0. The third-order valence-electron chi connectivity index (χ3n) is 12.0. The van der Waals surface area contributed by atoms with Gasteiger partial charge in [0.2, 0.25) is 0 Å². The van der Waals surface area contributed by atoms with Crippen LogP contribution in [0.1, 0.15) is 0 Å². The Hall–Kier alpha value is -8.20.